The summed E-state index contributed by atoms with van der Waals surface area (Å²) in [6.45, 7) is 4.77. The summed E-state index contributed by atoms with van der Waals surface area (Å²) in [5, 5.41) is 6.28. The molecule has 9 nitrogen and oxygen atoms in total. The van der Waals surface area contributed by atoms with E-state index in [0.29, 0.717) is 25.5 Å². The van der Waals surface area contributed by atoms with E-state index in [9.17, 15) is 13.2 Å². The number of carbonyl (C=O) groups is 1. The van der Waals surface area contributed by atoms with Crippen molar-refractivity contribution in [2.75, 3.05) is 51.3 Å². The van der Waals surface area contributed by atoms with Crippen LogP contribution in [0.1, 0.15) is 5.76 Å². The molecule has 0 unspecified atom stereocenters. The molecular formula is C18H23BrN4O5S. The number of aryl methyl sites for hydroxylation is 1. The molecule has 2 aromatic rings. The minimum atomic E-state index is -3.85. The van der Waals surface area contributed by atoms with E-state index in [2.05, 4.69) is 31.3 Å². The zero-order valence-corrected chi connectivity index (χ0v) is 18.4. The van der Waals surface area contributed by atoms with Crippen LogP contribution in [0.2, 0.25) is 0 Å². The summed E-state index contributed by atoms with van der Waals surface area (Å²) >= 11 is 3.30. The predicted molar refractivity (Wildman–Crippen MR) is 110 cm³/mol. The van der Waals surface area contributed by atoms with Crippen LogP contribution in [-0.4, -0.2) is 74.6 Å². The lowest BCUT2D eigenvalue weighted by Crippen LogP contribution is -2.45. The van der Waals surface area contributed by atoms with Gasteiger partial charge in [-0.1, -0.05) is 21.1 Å². The van der Waals surface area contributed by atoms with Crippen LogP contribution in [0.15, 0.2) is 44.2 Å². The monoisotopic (exact) mass is 486 g/mol. The van der Waals surface area contributed by atoms with Crippen LogP contribution in [0.5, 0.6) is 0 Å². The van der Waals surface area contributed by atoms with Gasteiger partial charge in [-0.05, 0) is 31.2 Å². The zero-order valence-electron chi connectivity index (χ0n) is 16.0. The van der Waals surface area contributed by atoms with Gasteiger partial charge in [0, 0.05) is 36.7 Å². The number of ether oxygens (including phenoxy) is 1. The summed E-state index contributed by atoms with van der Waals surface area (Å²) in [6, 6.07) is 7.91. The number of hydrogen-bond acceptors (Lipinski definition) is 7. The van der Waals surface area contributed by atoms with Crippen LogP contribution in [0.3, 0.4) is 0 Å². The lowest BCUT2D eigenvalue weighted by Gasteiger charge is -2.29. The number of carbonyl (C=O) groups excluding carboxylic acids is 1. The Morgan fingerprint density at radius 1 is 1.28 bits per heavy atom. The molecule has 1 amide bonds. The maximum absolute atomic E-state index is 13.2. The van der Waals surface area contributed by atoms with E-state index in [1.807, 2.05) is 0 Å². The number of hydrogen-bond donors (Lipinski definition) is 1. The van der Waals surface area contributed by atoms with Gasteiger partial charge in [-0.2, -0.15) is 4.31 Å². The largest absolute Gasteiger partial charge is 0.379 e. The van der Waals surface area contributed by atoms with E-state index in [1.54, 1.807) is 25.1 Å². The molecule has 0 bridgehead atoms. The standard InChI is InChI=1S/C18H23BrN4O5S/c1-14-12-17(21-28-14)20-18(24)13-23(7-6-22-8-10-27-11-9-22)29(25,26)16-4-2-15(19)3-5-16/h2-5,12H,6-11,13H2,1H3,(H,20,21,24). The molecule has 29 heavy (non-hydrogen) atoms. The fourth-order valence-electron chi connectivity index (χ4n) is 2.89. The fraction of sp³-hybridized carbons (Fsp3) is 0.444. The highest BCUT2D eigenvalue weighted by molar-refractivity contribution is 9.10. The number of morpholine rings is 1. The average Bonchev–Trinajstić information content (AvgIpc) is 3.10. The molecule has 1 fully saturated rings. The van der Waals surface area contributed by atoms with Crippen molar-refractivity contribution in [1.82, 2.24) is 14.4 Å². The van der Waals surface area contributed by atoms with Crippen molar-refractivity contribution in [2.45, 2.75) is 11.8 Å². The molecule has 11 heteroatoms. The second-order valence-corrected chi connectivity index (χ2v) is 9.47. The molecule has 2 heterocycles. The molecule has 3 rings (SSSR count). The van der Waals surface area contributed by atoms with Crippen LogP contribution in [-0.2, 0) is 19.6 Å². The maximum Gasteiger partial charge on any atom is 0.243 e. The van der Waals surface area contributed by atoms with E-state index in [0.717, 1.165) is 17.6 Å². The van der Waals surface area contributed by atoms with Gasteiger partial charge >= 0.3 is 0 Å². The number of aromatic nitrogens is 1. The van der Waals surface area contributed by atoms with Gasteiger partial charge in [0.1, 0.15) is 5.76 Å². The van der Waals surface area contributed by atoms with Gasteiger partial charge in [0.2, 0.25) is 15.9 Å². The Kier molecular flexibility index (Phi) is 7.41. The van der Waals surface area contributed by atoms with E-state index < -0.39 is 15.9 Å². The lowest BCUT2D eigenvalue weighted by atomic mass is 10.4. The Hall–Kier alpha value is -1.79. The first-order valence-corrected chi connectivity index (χ1v) is 11.4. The van der Waals surface area contributed by atoms with Gasteiger partial charge in [0.25, 0.3) is 0 Å². The lowest BCUT2D eigenvalue weighted by molar-refractivity contribution is -0.116. The second-order valence-electron chi connectivity index (χ2n) is 6.62. The maximum atomic E-state index is 13.2. The van der Waals surface area contributed by atoms with Gasteiger partial charge in [-0.15, -0.1) is 0 Å². The minimum Gasteiger partial charge on any atom is -0.379 e. The number of nitrogens with one attached hydrogen (secondary N) is 1. The molecule has 1 aliphatic heterocycles. The molecule has 0 radical (unpaired) electrons. The number of benzene rings is 1. The van der Waals surface area contributed by atoms with E-state index in [-0.39, 0.29) is 23.8 Å². The molecule has 1 aromatic carbocycles. The molecule has 0 spiro atoms. The van der Waals surface area contributed by atoms with Crippen molar-refractivity contribution in [3.63, 3.8) is 0 Å². The summed E-state index contributed by atoms with van der Waals surface area (Å²) in [5.74, 6) is 0.314. The third-order valence-corrected chi connectivity index (χ3v) is 6.82. The van der Waals surface area contributed by atoms with Gasteiger partial charge in [0.05, 0.1) is 24.7 Å². The van der Waals surface area contributed by atoms with Crippen molar-refractivity contribution >= 4 is 37.7 Å². The molecule has 1 aromatic heterocycles. The van der Waals surface area contributed by atoms with Crippen LogP contribution in [0.25, 0.3) is 0 Å². The van der Waals surface area contributed by atoms with Crippen LogP contribution in [0.4, 0.5) is 5.82 Å². The summed E-state index contributed by atoms with van der Waals surface area (Å²) in [7, 11) is -3.85. The Morgan fingerprint density at radius 3 is 2.59 bits per heavy atom. The number of anilines is 1. The Balaban J connectivity index is 1.74. The quantitative estimate of drug-likeness (QED) is 0.605. The fourth-order valence-corrected chi connectivity index (χ4v) is 4.54. The molecular weight excluding hydrogens is 464 g/mol. The van der Waals surface area contributed by atoms with Gasteiger partial charge in [0.15, 0.2) is 5.82 Å². The van der Waals surface area contributed by atoms with Crippen molar-refractivity contribution in [3.05, 3.63) is 40.6 Å². The third-order valence-electron chi connectivity index (χ3n) is 4.44. The first-order chi connectivity index (χ1) is 13.8. The Morgan fingerprint density at radius 2 is 1.97 bits per heavy atom. The van der Waals surface area contributed by atoms with Crippen molar-refractivity contribution < 1.29 is 22.5 Å². The number of sulfonamides is 1. The van der Waals surface area contributed by atoms with Gasteiger partial charge in [-0.25, -0.2) is 8.42 Å². The number of nitrogens with zero attached hydrogens (tertiary/aromatic N) is 3. The summed E-state index contributed by atoms with van der Waals surface area (Å²) in [4.78, 5) is 14.7. The second kappa shape index (κ2) is 9.81. The van der Waals surface area contributed by atoms with Gasteiger partial charge in [-0.3, -0.25) is 9.69 Å². The minimum absolute atomic E-state index is 0.132. The average molecular weight is 487 g/mol. The number of amides is 1. The zero-order chi connectivity index (χ0) is 20.9. The first kappa shape index (κ1) is 21.9. The molecule has 1 saturated heterocycles. The highest BCUT2D eigenvalue weighted by Crippen LogP contribution is 2.19. The number of rotatable bonds is 8. The van der Waals surface area contributed by atoms with Crippen molar-refractivity contribution in [1.29, 1.82) is 0 Å². The van der Waals surface area contributed by atoms with Crippen LogP contribution >= 0.6 is 15.9 Å². The predicted octanol–water partition coefficient (Wildman–Crippen LogP) is 1.71. The molecule has 1 N–H and O–H groups in total. The first-order valence-electron chi connectivity index (χ1n) is 9.13. The molecule has 1 aliphatic rings. The van der Waals surface area contributed by atoms with E-state index in [4.69, 9.17) is 9.26 Å². The van der Waals surface area contributed by atoms with E-state index in [1.165, 1.54) is 16.4 Å². The summed E-state index contributed by atoms with van der Waals surface area (Å²) < 4.78 is 38.5. The third kappa shape index (κ3) is 6.09. The normalized spacial score (nSPS) is 15.6. The molecule has 158 valence electrons. The Bertz CT molecular complexity index is 926. The van der Waals surface area contributed by atoms with Gasteiger partial charge < -0.3 is 14.6 Å². The topological polar surface area (TPSA) is 105 Å². The van der Waals surface area contributed by atoms with Crippen LogP contribution in [0, 0.1) is 6.92 Å². The number of halogens is 1. The summed E-state index contributed by atoms with van der Waals surface area (Å²) in [6.07, 6.45) is 0. The van der Waals surface area contributed by atoms with Crippen molar-refractivity contribution in [2.24, 2.45) is 0 Å². The molecule has 0 atom stereocenters. The highest BCUT2D eigenvalue weighted by Gasteiger charge is 2.27. The summed E-state index contributed by atoms with van der Waals surface area (Å²) in [5.41, 5.74) is 0. The Labute approximate surface area is 178 Å². The van der Waals surface area contributed by atoms with E-state index >= 15 is 0 Å². The smallest absolute Gasteiger partial charge is 0.243 e. The van der Waals surface area contributed by atoms with Crippen molar-refractivity contribution in [3.8, 4) is 0 Å². The van der Waals surface area contributed by atoms with Crippen LogP contribution < -0.4 is 5.32 Å². The molecule has 0 saturated carbocycles. The highest BCUT2D eigenvalue weighted by atomic mass is 79.9. The molecule has 0 aliphatic carbocycles. The SMILES string of the molecule is Cc1cc(NC(=O)CN(CCN2CCOCC2)S(=O)(=O)c2ccc(Br)cc2)no1.